The van der Waals surface area contributed by atoms with E-state index < -0.39 is 0 Å². The SMILES string of the molecule is CCC(=N)CCCCN. The lowest BCUT2D eigenvalue weighted by Gasteiger charge is -1.97. The third-order valence-electron chi connectivity index (χ3n) is 1.36. The number of hydrogen-bond donors (Lipinski definition) is 2. The molecule has 0 saturated heterocycles. The van der Waals surface area contributed by atoms with Gasteiger partial charge >= 0.3 is 0 Å². The predicted octanol–water partition coefficient (Wildman–Crippen LogP) is 1.55. The molecule has 0 aromatic rings. The third-order valence-corrected chi connectivity index (χ3v) is 1.36. The molecule has 0 aromatic heterocycles. The number of rotatable bonds is 5. The summed E-state index contributed by atoms with van der Waals surface area (Å²) in [7, 11) is 0. The van der Waals surface area contributed by atoms with Crippen molar-refractivity contribution in [3.8, 4) is 0 Å². The topological polar surface area (TPSA) is 49.9 Å². The van der Waals surface area contributed by atoms with Crippen LogP contribution in [0, 0.1) is 5.41 Å². The molecule has 0 radical (unpaired) electrons. The zero-order chi connectivity index (χ0) is 7.11. The second kappa shape index (κ2) is 5.76. The van der Waals surface area contributed by atoms with Crippen molar-refractivity contribution in [2.45, 2.75) is 32.6 Å². The number of unbranched alkanes of at least 4 members (excludes halogenated alkanes) is 1. The molecule has 54 valence electrons. The Morgan fingerprint density at radius 1 is 1.44 bits per heavy atom. The van der Waals surface area contributed by atoms with Crippen LogP contribution in [0.3, 0.4) is 0 Å². The molecule has 2 heteroatoms. The van der Waals surface area contributed by atoms with E-state index in [0.29, 0.717) is 0 Å². The van der Waals surface area contributed by atoms with Gasteiger partial charge in [-0.2, -0.15) is 0 Å². The van der Waals surface area contributed by atoms with Gasteiger partial charge in [0.15, 0.2) is 0 Å². The first-order valence-electron chi connectivity index (χ1n) is 3.57. The minimum atomic E-state index is 0.761. The largest absolute Gasteiger partial charge is 0.330 e. The summed E-state index contributed by atoms with van der Waals surface area (Å²) in [6, 6.07) is 0. The second-order valence-corrected chi connectivity index (χ2v) is 2.20. The highest BCUT2D eigenvalue weighted by Crippen LogP contribution is 1.97. The van der Waals surface area contributed by atoms with Gasteiger partial charge in [0.2, 0.25) is 0 Å². The molecule has 0 aliphatic carbocycles. The third kappa shape index (κ3) is 5.50. The van der Waals surface area contributed by atoms with Gasteiger partial charge in [0, 0.05) is 5.71 Å². The summed E-state index contributed by atoms with van der Waals surface area (Å²) < 4.78 is 0. The Labute approximate surface area is 57.0 Å². The highest BCUT2D eigenvalue weighted by molar-refractivity contribution is 5.80. The molecular weight excluding hydrogens is 112 g/mol. The van der Waals surface area contributed by atoms with Crippen LogP contribution in [-0.4, -0.2) is 12.3 Å². The summed E-state index contributed by atoms with van der Waals surface area (Å²) in [5.74, 6) is 0. The van der Waals surface area contributed by atoms with Crippen molar-refractivity contribution in [3.05, 3.63) is 0 Å². The van der Waals surface area contributed by atoms with Crippen LogP contribution < -0.4 is 5.73 Å². The fourth-order valence-electron chi connectivity index (χ4n) is 0.660. The Morgan fingerprint density at radius 2 is 2.11 bits per heavy atom. The monoisotopic (exact) mass is 128 g/mol. The molecule has 0 saturated carbocycles. The van der Waals surface area contributed by atoms with Crippen molar-refractivity contribution in [1.29, 1.82) is 5.41 Å². The average Bonchev–Trinajstić information content (AvgIpc) is 1.89. The van der Waals surface area contributed by atoms with E-state index in [9.17, 15) is 0 Å². The van der Waals surface area contributed by atoms with Crippen LogP contribution in [0.2, 0.25) is 0 Å². The number of hydrogen-bond acceptors (Lipinski definition) is 2. The fourth-order valence-corrected chi connectivity index (χ4v) is 0.660. The molecule has 0 aliphatic heterocycles. The van der Waals surface area contributed by atoms with Crippen molar-refractivity contribution in [1.82, 2.24) is 0 Å². The zero-order valence-corrected chi connectivity index (χ0v) is 6.11. The van der Waals surface area contributed by atoms with Crippen molar-refractivity contribution in [2.24, 2.45) is 5.73 Å². The molecule has 0 aromatic carbocycles. The van der Waals surface area contributed by atoms with E-state index in [-0.39, 0.29) is 0 Å². The van der Waals surface area contributed by atoms with E-state index in [1.165, 1.54) is 0 Å². The first kappa shape index (κ1) is 8.63. The zero-order valence-electron chi connectivity index (χ0n) is 6.11. The molecule has 0 atom stereocenters. The van der Waals surface area contributed by atoms with Crippen molar-refractivity contribution >= 4 is 5.71 Å². The molecule has 2 nitrogen and oxygen atoms in total. The average molecular weight is 128 g/mol. The van der Waals surface area contributed by atoms with Crippen molar-refractivity contribution < 1.29 is 0 Å². The lowest BCUT2D eigenvalue weighted by molar-refractivity contribution is 0.766. The Bertz CT molecular complexity index is 79.0. The molecule has 0 rings (SSSR count). The van der Waals surface area contributed by atoms with E-state index in [0.717, 1.165) is 37.9 Å². The van der Waals surface area contributed by atoms with E-state index in [2.05, 4.69) is 0 Å². The van der Waals surface area contributed by atoms with Crippen LogP contribution in [0.25, 0.3) is 0 Å². The minimum Gasteiger partial charge on any atom is -0.330 e. The molecule has 0 bridgehead atoms. The van der Waals surface area contributed by atoms with Crippen molar-refractivity contribution in [3.63, 3.8) is 0 Å². The van der Waals surface area contributed by atoms with Gasteiger partial charge in [-0.3, -0.25) is 0 Å². The molecule has 0 aliphatic rings. The fraction of sp³-hybridized carbons (Fsp3) is 0.857. The van der Waals surface area contributed by atoms with E-state index in [1.54, 1.807) is 0 Å². The van der Waals surface area contributed by atoms with Crippen LogP contribution in [0.5, 0.6) is 0 Å². The second-order valence-electron chi connectivity index (χ2n) is 2.20. The Hall–Kier alpha value is -0.370. The molecule has 0 heterocycles. The van der Waals surface area contributed by atoms with Gasteiger partial charge in [0.25, 0.3) is 0 Å². The van der Waals surface area contributed by atoms with Crippen LogP contribution in [0.1, 0.15) is 32.6 Å². The normalized spacial score (nSPS) is 9.56. The van der Waals surface area contributed by atoms with Crippen LogP contribution in [0.15, 0.2) is 0 Å². The summed E-state index contributed by atoms with van der Waals surface area (Å²) in [6.45, 7) is 2.78. The molecule has 3 N–H and O–H groups in total. The molecule has 9 heavy (non-hydrogen) atoms. The van der Waals surface area contributed by atoms with Gasteiger partial charge in [-0.25, -0.2) is 0 Å². The summed E-state index contributed by atoms with van der Waals surface area (Å²) >= 11 is 0. The maximum Gasteiger partial charge on any atom is 0.00864 e. The van der Waals surface area contributed by atoms with Gasteiger partial charge in [0.1, 0.15) is 0 Å². The molecule has 0 spiro atoms. The van der Waals surface area contributed by atoms with E-state index in [4.69, 9.17) is 11.1 Å². The summed E-state index contributed by atoms with van der Waals surface area (Å²) in [6.07, 6.45) is 3.98. The van der Waals surface area contributed by atoms with Gasteiger partial charge in [-0.05, 0) is 32.2 Å². The Morgan fingerprint density at radius 3 is 2.56 bits per heavy atom. The maximum absolute atomic E-state index is 7.27. The summed E-state index contributed by atoms with van der Waals surface area (Å²) in [5.41, 5.74) is 6.14. The Balaban J connectivity index is 2.97. The quantitative estimate of drug-likeness (QED) is 0.428. The van der Waals surface area contributed by atoms with Crippen molar-refractivity contribution in [2.75, 3.05) is 6.54 Å². The molecule has 0 amide bonds. The number of nitrogens with two attached hydrogens (primary N) is 1. The van der Waals surface area contributed by atoms with Crippen LogP contribution in [-0.2, 0) is 0 Å². The first-order valence-corrected chi connectivity index (χ1v) is 3.57. The van der Waals surface area contributed by atoms with Gasteiger partial charge in [0.05, 0.1) is 0 Å². The lowest BCUT2D eigenvalue weighted by Crippen LogP contribution is -2.00. The van der Waals surface area contributed by atoms with Gasteiger partial charge in [-0.15, -0.1) is 0 Å². The molecule has 0 unspecified atom stereocenters. The van der Waals surface area contributed by atoms with Gasteiger partial charge < -0.3 is 11.1 Å². The van der Waals surface area contributed by atoms with E-state index in [1.807, 2.05) is 6.92 Å². The van der Waals surface area contributed by atoms with E-state index >= 15 is 0 Å². The molecular formula is C7H16N2. The predicted molar refractivity (Wildman–Crippen MR) is 40.9 cm³/mol. The van der Waals surface area contributed by atoms with Crippen LogP contribution in [0.4, 0.5) is 0 Å². The van der Waals surface area contributed by atoms with Gasteiger partial charge in [-0.1, -0.05) is 6.92 Å². The Kier molecular flexibility index (Phi) is 5.52. The van der Waals surface area contributed by atoms with Crippen LogP contribution >= 0.6 is 0 Å². The summed E-state index contributed by atoms with van der Waals surface area (Å²) in [5, 5.41) is 7.27. The maximum atomic E-state index is 7.27. The minimum absolute atomic E-state index is 0.761. The standard InChI is InChI=1S/C7H16N2/c1-2-7(9)5-3-4-6-8/h9H,2-6,8H2,1H3. The summed E-state index contributed by atoms with van der Waals surface area (Å²) in [4.78, 5) is 0. The number of nitrogens with one attached hydrogen (secondary N) is 1. The highest BCUT2D eigenvalue weighted by atomic mass is 14.5. The smallest absolute Gasteiger partial charge is 0.00864 e. The highest BCUT2D eigenvalue weighted by Gasteiger charge is 1.90. The first-order chi connectivity index (χ1) is 4.31. The lowest BCUT2D eigenvalue weighted by atomic mass is 10.1. The molecule has 0 fully saturated rings.